The van der Waals surface area contributed by atoms with Crippen LogP contribution in [-0.4, -0.2) is 48.8 Å². The minimum Gasteiger partial charge on any atom is -0.514 e. The van der Waals surface area contributed by atoms with Gasteiger partial charge in [0.1, 0.15) is 35.9 Å². The maximum Gasteiger partial charge on any atom is 0.267 e. The standard InChI is InChI=1S/C26H21F2N7O3/c27-19-4-1-5-20(28)23(19)38-18-8-6-15(7-9-18)22-21-24(30)31-14-32-25(21)35(33-22)17-3-2-10-34(12-17)26(37)16(11-29)13-36/h1,4-9,13-14,17,36H,2-3,10,12H2,(H2,30,31,32)/t17-/m1/s1. The highest BCUT2D eigenvalue weighted by atomic mass is 19.1. The number of ether oxygens (including phenoxy) is 1. The van der Waals surface area contributed by atoms with Gasteiger partial charge in [0, 0.05) is 18.7 Å². The Labute approximate surface area is 215 Å². The number of para-hydroxylation sites is 1. The summed E-state index contributed by atoms with van der Waals surface area (Å²) in [5.41, 5.74) is 7.45. The van der Waals surface area contributed by atoms with Gasteiger partial charge in [-0.1, -0.05) is 6.07 Å². The maximum absolute atomic E-state index is 14.0. The summed E-state index contributed by atoms with van der Waals surface area (Å²) in [4.78, 5) is 22.6. The molecule has 1 fully saturated rings. The van der Waals surface area contributed by atoms with Crippen LogP contribution in [0.15, 0.2) is 60.6 Å². The Hall–Kier alpha value is -5.05. The molecule has 12 heteroatoms. The number of aliphatic hydroxyl groups excluding tert-OH is 1. The van der Waals surface area contributed by atoms with E-state index in [1.54, 1.807) is 35.0 Å². The highest BCUT2D eigenvalue weighted by Gasteiger charge is 2.30. The number of nitrogen functional groups attached to an aromatic ring is 1. The zero-order valence-electron chi connectivity index (χ0n) is 19.9. The number of benzene rings is 2. The molecule has 0 spiro atoms. The first-order valence-corrected chi connectivity index (χ1v) is 11.7. The first kappa shape index (κ1) is 24.6. The van der Waals surface area contributed by atoms with Crippen LogP contribution in [0, 0.1) is 23.0 Å². The summed E-state index contributed by atoms with van der Waals surface area (Å²) in [5, 5.41) is 23.6. The molecule has 5 rings (SSSR count). The van der Waals surface area contributed by atoms with Crippen LogP contribution in [0.2, 0.25) is 0 Å². The molecule has 1 aliphatic rings. The highest BCUT2D eigenvalue weighted by molar-refractivity contribution is 5.98. The molecule has 38 heavy (non-hydrogen) atoms. The molecule has 0 unspecified atom stereocenters. The van der Waals surface area contributed by atoms with Crippen molar-refractivity contribution in [2.24, 2.45) is 0 Å². The lowest BCUT2D eigenvalue weighted by Gasteiger charge is -2.32. The Morgan fingerprint density at radius 1 is 1.18 bits per heavy atom. The number of amides is 1. The fourth-order valence-corrected chi connectivity index (χ4v) is 4.47. The molecule has 1 amide bonds. The summed E-state index contributed by atoms with van der Waals surface area (Å²) < 4.78 is 35.1. The minimum atomic E-state index is -0.819. The number of nitrogens with zero attached hydrogens (tertiary/aromatic N) is 6. The van der Waals surface area contributed by atoms with E-state index in [9.17, 15) is 18.7 Å². The van der Waals surface area contributed by atoms with Crippen LogP contribution < -0.4 is 10.5 Å². The van der Waals surface area contributed by atoms with Gasteiger partial charge in [-0.15, -0.1) is 0 Å². The average Bonchev–Trinajstić information content (AvgIpc) is 3.33. The van der Waals surface area contributed by atoms with E-state index in [-0.39, 0.29) is 29.7 Å². The van der Waals surface area contributed by atoms with Crippen LogP contribution >= 0.6 is 0 Å². The lowest BCUT2D eigenvalue weighted by Crippen LogP contribution is -2.41. The van der Waals surface area contributed by atoms with Crippen molar-refractivity contribution in [3.05, 3.63) is 72.3 Å². The summed E-state index contributed by atoms with van der Waals surface area (Å²) >= 11 is 0. The van der Waals surface area contributed by atoms with Gasteiger partial charge in [-0.2, -0.15) is 10.4 Å². The summed E-state index contributed by atoms with van der Waals surface area (Å²) in [7, 11) is 0. The lowest BCUT2D eigenvalue weighted by molar-refractivity contribution is -0.128. The summed E-state index contributed by atoms with van der Waals surface area (Å²) in [5.74, 6) is -2.27. The Kier molecular flexibility index (Phi) is 6.57. The van der Waals surface area contributed by atoms with Crippen molar-refractivity contribution >= 4 is 22.8 Å². The summed E-state index contributed by atoms with van der Waals surface area (Å²) in [6.07, 6.45) is 3.18. The Morgan fingerprint density at radius 3 is 2.61 bits per heavy atom. The number of hydrogen-bond acceptors (Lipinski definition) is 8. The van der Waals surface area contributed by atoms with Gasteiger partial charge in [-0.05, 0) is 49.2 Å². The molecular weight excluding hydrogens is 496 g/mol. The second-order valence-electron chi connectivity index (χ2n) is 8.63. The average molecular weight is 517 g/mol. The molecular formula is C26H21F2N7O3. The molecule has 1 atom stereocenters. The molecule has 2 aromatic heterocycles. The zero-order valence-corrected chi connectivity index (χ0v) is 19.9. The Bertz CT molecular complexity index is 1570. The van der Waals surface area contributed by atoms with Gasteiger partial charge in [0.25, 0.3) is 5.91 Å². The molecule has 1 aliphatic heterocycles. The maximum atomic E-state index is 14.0. The second-order valence-corrected chi connectivity index (χ2v) is 8.63. The van der Waals surface area contributed by atoms with Gasteiger partial charge in [0.2, 0.25) is 0 Å². The predicted octanol–water partition coefficient (Wildman–Crippen LogP) is 4.27. The predicted molar refractivity (Wildman–Crippen MR) is 133 cm³/mol. The largest absolute Gasteiger partial charge is 0.514 e. The molecule has 0 bridgehead atoms. The first-order valence-electron chi connectivity index (χ1n) is 11.7. The lowest BCUT2D eigenvalue weighted by atomic mass is 10.0. The molecule has 4 aromatic rings. The number of nitriles is 1. The van der Waals surface area contributed by atoms with E-state index in [0.717, 1.165) is 12.1 Å². The number of carbonyl (C=O) groups is 1. The first-order chi connectivity index (χ1) is 18.4. The van der Waals surface area contributed by atoms with Gasteiger partial charge >= 0.3 is 0 Å². The van der Waals surface area contributed by atoms with Crippen molar-refractivity contribution in [1.82, 2.24) is 24.6 Å². The van der Waals surface area contributed by atoms with Crippen molar-refractivity contribution in [2.75, 3.05) is 18.8 Å². The number of fused-ring (bicyclic) bond motifs is 1. The second kappa shape index (κ2) is 10.1. The van der Waals surface area contributed by atoms with E-state index < -0.39 is 23.3 Å². The number of hydrogen-bond donors (Lipinski definition) is 2. The van der Waals surface area contributed by atoms with Gasteiger partial charge in [-0.3, -0.25) is 4.79 Å². The number of piperidine rings is 1. The van der Waals surface area contributed by atoms with E-state index in [4.69, 9.17) is 20.8 Å². The number of aromatic nitrogens is 4. The van der Waals surface area contributed by atoms with Crippen LogP contribution in [0.5, 0.6) is 11.5 Å². The zero-order chi connectivity index (χ0) is 26.8. The van der Waals surface area contributed by atoms with Crippen LogP contribution in [0.4, 0.5) is 14.6 Å². The molecule has 10 nitrogen and oxygen atoms in total. The molecule has 3 N–H and O–H groups in total. The summed E-state index contributed by atoms with van der Waals surface area (Å²) in [6, 6.07) is 11.3. The van der Waals surface area contributed by atoms with Crippen molar-refractivity contribution in [3.8, 4) is 28.8 Å². The molecule has 3 heterocycles. The van der Waals surface area contributed by atoms with E-state index in [2.05, 4.69) is 9.97 Å². The normalized spacial score (nSPS) is 15.9. The third kappa shape index (κ3) is 4.45. The number of anilines is 1. The molecule has 0 aliphatic carbocycles. The number of aliphatic hydroxyl groups is 1. The quantitative estimate of drug-likeness (QED) is 0.227. The van der Waals surface area contributed by atoms with Gasteiger partial charge in [-0.25, -0.2) is 23.4 Å². The number of rotatable bonds is 5. The molecule has 192 valence electrons. The minimum absolute atomic E-state index is 0.212. The number of halogens is 2. The monoisotopic (exact) mass is 517 g/mol. The number of carbonyl (C=O) groups excluding carboxylic acids is 1. The van der Waals surface area contributed by atoms with Crippen LogP contribution in [0.1, 0.15) is 18.9 Å². The van der Waals surface area contributed by atoms with Crippen molar-refractivity contribution in [2.45, 2.75) is 18.9 Å². The van der Waals surface area contributed by atoms with E-state index in [1.165, 1.54) is 17.3 Å². The molecule has 0 radical (unpaired) electrons. The third-order valence-corrected chi connectivity index (χ3v) is 6.29. The fraction of sp³-hybridized carbons (Fsp3) is 0.192. The topological polar surface area (TPSA) is 143 Å². The van der Waals surface area contributed by atoms with E-state index >= 15 is 0 Å². The third-order valence-electron chi connectivity index (χ3n) is 6.29. The van der Waals surface area contributed by atoms with Crippen LogP contribution in [0.3, 0.4) is 0 Å². The SMILES string of the molecule is N#CC(=CO)C(=O)N1CCC[C@@H](n2nc(-c3ccc(Oc4c(F)cccc4F)cc3)c3c(N)ncnc32)C1. The van der Waals surface area contributed by atoms with Crippen molar-refractivity contribution < 1.29 is 23.4 Å². The van der Waals surface area contributed by atoms with E-state index in [1.807, 2.05) is 0 Å². The fourth-order valence-electron chi connectivity index (χ4n) is 4.47. The summed E-state index contributed by atoms with van der Waals surface area (Å²) in [6.45, 7) is 0.681. The van der Waals surface area contributed by atoms with Gasteiger partial charge in [0.05, 0.1) is 11.4 Å². The van der Waals surface area contributed by atoms with Crippen molar-refractivity contribution in [3.63, 3.8) is 0 Å². The smallest absolute Gasteiger partial charge is 0.267 e. The van der Waals surface area contributed by atoms with E-state index in [0.29, 0.717) is 47.9 Å². The highest BCUT2D eigenvalue weighted by Crippen LogP contribution is 2.35. The van der Waals surface area contributed by atoms with Crippen molar-refractivity contribution in [1.29, 1.82) is 5.26 Å². The van der Waals surface area contributed by atoms with Gasteiger partial charge < -0.3 is 20.5 Å². The molecule has 1 saturated heterocycles. The van der Waals surface area contributed by atoms with Crippen LogP contribution in [-0.2, 0) is 4.79 Å². The Morgan fingerprint density at radius 2 is 1.92 bits per heavy atom. The molecule has 2 aromatic carbocycles. The number of nitrogens with two attached hydrogens (primary N) is 1. The van der Waals surface area contributed by atoms with Gasteiger partial charge in [0.15, 0.2) is 28.6 Å². The Balaban J connectivity index is 1.48. The molecule has 0 saturated carbocycles. The number of likely N-dealkylation sites (tertiary alicyclic amines) is 1. The van der Waals surface area contributed by atoms with Crippen LogP contribution in [0.25, 0.3) is 22.3 Å².